The Bertz CT molecular complexity index is 1040. The molecule has 30 heavy (non-hydrogen) atoms. The number of anilines is 1. The quantitative estimate of drug-likeness (QED) is 0.566. The van der Waals surface area contributed by atoms with Gasteiger partial charge in [-0.3, -0.25) is 4.90 Å². The summed E-state index contributed by atoms with van der Waals surface area (Å²) in [5.74, 6) is 1.98. The average molecular weight is 470 g/mol. The van der Waals surface area contributed by atoms with Gasteiger partial charge in [0.05, 0.1) is 16.4 Å². The van der Waals surface area contributed by atoms with Gasteiger partial charge in [-0.2, -0.15) is 9.61 Å². The van der Waals surface area contributed by atoms with E-state index in [1.54, 1.807) is 12.3 Å². The number of aromatic hydroxyl groups is 1. The molecule has 2 N–H and O–H groups in total. The number of aromatic nitrogens is 3. The van der Waals surface area contributed by atoms with Crippen molar-refractivity contribution >= 4 is 27.4 Å². The number of halogens is 1. The normalized spacial score (nSPS) is 23.3. The maximum atomic E-state index is 10.3. The van der Waals surface area contributed by atoms with Crippen molar-refractivity contribution < 1.29 is 5.11 Å². The molecule has 1 aliphatic heterocycles. The monoisotopic (exact) mass is 469 g/mol. The molecule has 2 aliphatic rings. The lowest BCUT2D eigenvalue weighted by Crippen LogP contribution is -2.45. The Labute approximate surface area is 185 Å². The van der Waals surface area contributed by atoms with Crippen molar-refractivity contribution in [2.24, 2.45) is 5.92 Å². The molecular formula is C23H28BrN5O. The maximum Gasteiger partial charge on any atom is 0.172 e. The predicted molar refractivity (Wildman–Crippen MR) is 123 cm³/mol. The number of phenols is 1. The van der Waals surface area contributed by atoms with Gasteiger partial charge in [-0.25, -0.2) is 4.98 Å². The Hall–Kier alpha value is -2.12. The molecule has 0 amide bonds. The fourth-order valence-corrected chi connectivity index (χ4v) is 5.47. The summed E-state index contributed by atoms with van der Waals surface area (Å²) in [5.41, 5.74) is 2.21. The summed E-state index contributed by atoms with van der Waals surface area (Å²) in [6.45, 7) is 4.71. The van der Waals surface area contributed by atoms with Crippen LogP contribution in [0.1, 0.15) is 39.0 Å². The standard InChI is InChI=1S/C23H28BrN5O/c1-15-5-4-7-20(15)28-11-9-16(10-12-28)26-22-13-19(17-6-2-3-8-21(17)30)27-23-18(24)14-25-29(22)23/h2-3,6,8,13-16,20,26,30H,4-5,7,9-12H2,1H3. The first-order chi connectivity index (χ1) is 14.6. The first kappa shape index (κ1) is 19.8. The lowest BCUT2D eigenvalue weighted by molar-refractivity contribution is 0.133. The summed E-state index contributed by atoms with van der Waals surface area (Å²) < 4.78 is 2.69. The highest BCUT2D eigenvalue weighted by Crippen LogP contribution is 2.33. The number of hydrogen-bond acceptors (Lipinski definition) is 5. The molecule has 7 heteroatoms. The second kappa shape index (κ2) is 8.19. The summed E-state index contributed by atoms with van der Waals surface area (Å²) in [6.07, 6.45) is 8.13. The van der Waals surface area contributed by atoms with Crippen LogP contribution < -0.4 is 5.32 Å². The van der Waals surface area contributed by atoms with Crippen LogP contribution in [0.3, 0.4) is 0 Å². The predicted octanol–water partition coefficient (Wildman–Crippen LogP) is 4.93. The van der Waals surface area contributed by atoms with Crippen LogP contribution in [0.2, 0.25) is 0 Å². The Morgan fingerprint density at radius 1 is 1.13 bits per heavy atom. The molecule has 2 unspecified atom stereocenters. The highest BCUT2D eigenvalue weighted by atomic mass is 79.9. The van der Waals surface area contributed by atoms with E-state index in [1.165, 1.54) is 19.3 Å². The summed E-state index contributed by atoms with van der Waals surface area (Å²) >= 11 is 3.56. The molecule has 1 aliphatic carbocycles. The number of nitrogens with zero attached hydrogens (tertiary/aromatic N) is 4. The Morgan fingerprint density at radius 3 is 2.67 bits per heavy atom. The van der Waals surface area contributed by atoms with E-state index in [-0.39, 0.29) is 5.75 Å². The number of nitrogens with one attached hydrogen (secondary N) is 1. The third-order valence-corrected chi connectivity index (χ3v) is 7.33. The number of benzene rings is 1. The van der Waals surface area contributed by atoms with Gasteiger partial charge < -0.3 is 10.4 Å². The molecule has 3 heterocycles. The number of piperidine rings is 1. The van der Waals surface area contributed by atoms with Gasteiger partial charge in [0.15, 0.2) is 5.65 Å². The smallest absolute Gasteiger partial charge is 0.172 e. The zero-order valence-corrected chi connectivity index (χ0v) is 18.8. The number of rotatable bonds is 4. The van der Waals surface area contributed by atoms with Crippen LogP contribution in [0.25, 0.3) is 16.9 Å². The molecular weight excluding hydrogens is 442 g/mol. The topological polar surface area (TPSA) is 65.7 Å². The average Bonchev–Trinajstić information content (AvgIpc) is 3.35. The molecule has 1 saturated heterocycles. The van der Waals surface area contributed by atoms with E-state index in [0.717, 1.165) is 65.1 Å². The maximum absolute atomic E-state index is 10.3. The SMILES string of the molecule is CC1CCCC1N1CCC(Nc2cc(-c3ccccc3O)nc3c(Br)cnn23)CC1. The van der Waals surface area contributed by atoms with Gasteiger partial charge in [-0.05, 0) is 59.7 Å². The van der Waals surface area contributed by atoms with E-state index in [0.29, 0.717) is 6.04 Å². The van der Waals surface area contributed by atoms with Crippen LogP contribution in [-0.2, 0) is 0 Å². The molecule has 2 aromatic heterocycles. The van der Waals surface area contributed by atoms with Crippen molar-refractivity contribution in [1.29, 1.82) is 0 Å². The molecule has 0 radical (unpaired) electrons. The highest BCUT2D eigenvalue weighted by molar-refractivity contribution is 9.10. The zero-order chi connectivity index (χ0) is 20.7. The minimum atomic E-state index is 0.231. The van der Waals surface area contributed by atoms with E-state index >= 15 is 0 Å². The summed E-state index contributed by atoms with van der Waals surface area (Å²) in [7, 11) is 0. The van der Waals surface area contributed by atoms with Crippen LogP contribution in [0.4, 0.5) is 5.82 Å². The fourth-order valence-electron chi connectivity index (χ4n) is 5.12. The zero-order valence-electron chi connectivity index (χ0n) is 17.3. The van der Waals surface area contributed by atoms with Crippen LogP contribution in [-0.4, -0.2) is 49.8 Å². The largest absolute Gasteiger partial charge is 0.507 e. The van der Waals surface area contributed by atoms with Gasteiger partial charge in [0.2, 0.25) is 0 Å². The first-order valence-corrected chi connectivity index (χ1v) is 11.7. The van der Waals surface area contributed by atoms with Gasteiger partial charge >= 0.3 is 0 Å². The molecule has 1 aromatic carbocycles. The molecule has 1 saturated carbocycles. The van der Waals surface area contributed by atoms with Gasteiger partial charge in [-0.15, -0.1) is 0 Å². The lowest BCUT2D eigenvalue weighted by Gasteiger charge is -2.38. The van der Waals surface area contributed by atoms with E-state index < -0.39 is 0 Å². The Kier molecular flexibility index (Phi) is 5.41. The number of para-hydroxylation sites is 1. The van der Waals surface area contributed by atoms with Gasteiger partial charge in [0.1, 0.15) is 11.6 Å². The van der Waals surface area contributed by atoms with E-state index in [9.17, 15) is 5.11 Å². The molecule has 0 spiro atoms. The summed E-state index contributed by atoms with van der Waals surface area (Å²) in [4.78, 5) is 7.44. The molecule has 6 nitrogen and oxygen atoms in total. The van der Waals surface area contributed by atoms with Crippen LogP contribution in [0.5, 0.6) is 5.75 Å². The van der Waals surface area contributed by atoms with E-state index in [1.807, 2.05) is 28.8 Å². The number of fused-ring (bicyclic) bond motifs is 1. The van der Waals surface area contributed by atoms with Crippen LogP contribution in [0.15, 0.2) is 41.0 Å². The minimum Gasteiger partial charge on any atom is -0.507 e. The third kappa shape index (κ3) is 3.69. The second-order valence-electron chi connectivity index (χ2n) is 8.70. The fraction of sp³-hybridized carbons (Fsp3) is 0.478. The Morgan fingerprint density at radius 2 is 1.93 bits per heavy atom. The number of hydrogen-bond donors (Lipinski definition) is 2. The van der Waals surface area contributed by atoms with Gasteiger partial charge in [0.25, 0.3) is 0 Å². The molecule has 2 fully saturated rings. The van der Waals surface area contributed by atoms with E-state index in [4.69, 9.17) is 4.98 Å². The van der Waals surface area contributed by atoms with Gasteiger partial charge in [-0.1, -0.05) is 25.5 Å². The van der Waals surface area contributed by atoms with Crippen molar-refractivity contribution in [3.63, 3.8) is 0 Å². The van der Waals surface area contributed by atoms with Crippen molar-refractivity contribution in [2.75, 3.05) is 18.4 Å². The first-order valence-electron chi connectivity index (χ1n) is 10.9. The van der Waals surface area contributed by atoms with Crippen molar-refractivity contribution in [3.8, 4) is 17.0 Å². The molecule has 158 valence electrons. The van der Waals surface area contributed by atoms with Crippen LogP contribution >= 0.6 is 15.9 Å². The molecule has 5 rings (SSSR count). The Balaban J connectivity index is 1.39. The van der Waals surface area contributed by atoms with Gasteiger partial charge in [0, 0.05) is 36.8 Å². The molecule has 2 atom stereocenters. The molecule has 3 aromatic rings. The van der Waals surface area contributed by atoms with Crippen molar-refractivity contribution in [1.82, 2.24) is 19.5 Å². The summed E-state index contributed by atoms with van der Waals surface area (Å²) in [6, 6.07) is 10.5. The highest BCUT2D eigenvalue weighted by Gasteiger charge is 2.31. The summed E-state index contributed by atoms with van der Waals surface area (Å²) in [5, 5.41) is 18.5. The van der Waals surface area contributed by atoms with Crippen molar-refractivity contribution in [3.05, 3.63) is 41.0 Å². The number of phenolic OH excluding ortho intramolecular Hbond substituents is 1. The molecule has 0 bridgehead atoms. The van der Waals surface area contributed by atoms with Crippen molar-refractivity contribution in [2.45, 2.75) is 51.1 Å². The van der Waals surface area contributed by atoms with E-state index in [2.05, 4.69) is 38.2 Å². The minimum absolute atomic E-state index is 0.231. The number of likely N-dealkylation sites (tertiary alicyclic amines) is 1. The lowest BCUT2D eigenvalue weighted by atomic mass is 9.98. The second-order valence-corrected chi connectivity index (χ2v) is 9.56. The van der Waals surface area contributed by atoms with Crippen LogP contribution in [0, 0.1) is 5.92 Å². The third-order valence-electron chi connectivity index (χ3n) is 6.78.